The summed E-state index contributed by atoms with van der Waals surface area (Å²) in [6.07, 6.45) is 13.9. The second kappa shape index (κ2) is 5.16. The van der Waals surface area contributed by atoms with E-state index in [0.29, 0.717) is 6.04 Å². The average molecular weight is 327 g/mol. The maximum Gasteiger partial charge on any atom is 0.112 e. The molecule has 0 amide bonds. The third-order valence-electron chi connectivity index (χ3n) is 5.17. The van der Waals surface area contributed by atoms with E-state index in [0.717, 1.165) is 17.5 Å². The first-order chi connectivity index (χ1) is 11.3. The highest BCUT2D eigenvalue weighted by atomic mass is 32.2. The zero-order valence-corrected chi connectivity index (χ0v) is 14.0. The van der Waals surface area contributed by atoms with Gasteiger partial charge in [0.05, 0.1) is 23.6 Å². The van der Waals surface area contributed by atoms with Gasteiger partial charge >= 0.3 is 0 Å². The molecule has 2 aliphatic carbocycles. The molecular weight excluding hydrogens is 306 g/mol. The van der Waals surface area contributed by atoms with Crippen LogP contribution in [0.2, 0.25) is 0 Å². The summed E-state index contributed by atoms with van der Waals surface area (Å²) in [6.45, 7) is 2.13. The van der Waals surface area contributed by atoms with E-state index in [1.54, 1.807) is 0 Å². The topological polar surface area (TPSA) is 49.7 Å². The van der Waals surface area contributed by atoms with Crippen LogP contribution in [0.3, 0.4) is 0 Å². The van der Waals surface area contributed by atoms with Crippen molar-refractivity contribution in [3.05, 3.63) is 41.5 Å². The molecule has 0 bridgehead atoms. The van der Waals surface area contributed by atoms with Crippen LogP contribution in [-0.4, -0.2) is 20.0 Å². The van der Waals surface area contributed by atoms with E-state index >= 15 is 0 Å². The summed E-state index contributed by atoms with van der Waals surface area (Å²) in [6, 6.07) is 0.633. The fourth-order valence-electron chi connectivity index (χ4n) is 3.73. The lowest BCUT2D eigenvalue weighted by molar-refractivity contribution is 0.359. The molecule has 2 aromatic rings. The van der Waals surface area contributed by atoms with E-state index in [4.69, 9.17) is 5.10 Å². The lowest BCUT2D eigenvalue weighted by atomic mass is 10.1. The lowest BCUT2D eigenvalue weighted by Crippen LogP contribution is -2.17. The van der Waals surface area contributed by atoms with Gasteiger partial charge in [-0.05, 0) is 49.9 Å². The number of nitrogens with one attached hydrogen (secondary N) is 1. The Balaban J connectivity index is 1.47. The number of aromatic nitrogens is 4. The monoisotopic (exact) mass is 327 g/mol. The van der Waals surface area contributed by atoms with Crippen molar-refractivity contribution in [1.82, 2.24) is 20.0 Å². The number of aryl methyl sites for hydroxylation is 1. The Hall–Kier alpha value is -1.69. The Labute approximate surface area is 140 Å². The number of hydrogen-bond donors (Lipinski definition) is 1. The van der Waals surface area contributed by atoms with Gasteiger partial charge in [0.2, 0.25) is 0 Å². The molecule has 2 saturated carbocycles. The molecule has 3 aliphatic rings. The second-order valence-corrected chi connectivity index (χ2v) is 7.95. The normalized spacial score (nSPS) is 24.1. The van der Waals surface area contributed by atoms with E-state index in [1.165, 1.54) is 36.9 Å². The van der Waals surface area contributed by atoms with Gasteiger partial charge in [0.1, 0.15) is 5.37 Å². The second-order valence-electron chi connectivity index (χ2n) is 6.96. The predicted octanol–water partition coefficient (Wildman–Crippen LogP) is 4.00. The molecule has 120 valence electrons. The van der Waals surface area contributed by atoms with Gasteiger partial charge in [0.25, 0.3) is 0 Å². The van der Waals surface area contributed by atoms with Gasteiger partial charge in [0.15, 0.2) is 0 Å². The number of aromatic amines is 1. The summed E-state index contributed by atoms with van der Waals surface area (Å²) in [5, 5.41) is 14.3. The third kappa shape index (κ3) is 2.40. The minimum absolute atomic E-state index is 0.255. The highest BCUT2D eigenvalue weighted by molar-refractivity contribution is 8.02. The quantitative estimate of drug-likeness (QED) is 0.902. The van der Waals surface area contributed by atoms with Crippen LogP contribution in [0.1, 0.15) is 48.4 Å². The average Bonchev–Trinajstić information content (AvgIpc) is 3.39. The maximum absolute atomic E-state index is 4.90. The molecule has 2 fully saturated rings. The minimum atomic E-state index is 0.255. The molecule has 1 atom stereocenters. The Morgan fingerprint density at radius 1 is 1.26 bits per heavy atom. The molecule has 6 heteroatoms. The first kappa shape index (κ1) is 13.7. The van der Waals surface area contributed by atoms with Crippen LogP contribution in [0.5, 0.6) is 0 Å². The Kier molecular flexibility index (Phi) is 3.08. The Morgan fingerprint density at radius 2 is 2.04 bits per heavy atom. The van der Waals surface area contributed by atoms with Crippen molar-refractivity contribution < 1.29 is 0 Å². The summed E-state index contributed by atoms with van der Waals surface area (Å²) in [5.41, 5.74) is 3.55. The molecule has 23 heavy (non-hydrogen) atoms. The summed E-state index contributed by atoms with van der Waals surface area (Å²) in [7, 11) is 0. The minimum Gasteiger partial charge on any atom is -0.328 e. The molecule has 1 aliphatic heterocycles. The smallest absolute Gasteiger partial charge is 0.112 e. The van der Waals surface area contributed by atoms with Crippen molar-refractivity contribution in [3.8, 4) is 0 Å². The first-order valence-electron chi connectivity index (χ1n) is 8.46. The van der Waals surface area contributed by atoms with Crippen molar-refractivity contribution in [2.24, 2.45) is 11.8 Å². The fraction of sp³-hybridized carbons (Fsp3) is 0.529. The number of anilines is 1. The third-order valence-corrected chi connectivity index (χ3v) is 6.21. The maximum atomic E-state index is 4.90. The summed E-state index contributed by atoms with van der Waals surface area (Å²) >= 11 is 1.82. The van der Waals surface area contributed by atoms with E-state index < -0.39 is 0 Å². The molecule has 1 N–H and O–H groups in total. The van der Waals surface area contributed by atoms with Crippen molar-refractivity contribution in [2.75, 3.05) is 4.90 Å². The molecule has 5 nitrogen and oxygen atoms in total. The van der Waals surface area contributed by atoms with Gasteiger partial charge in [-0.3, -0.25) is 9.78 Å². The molecule has 5 rings (SSSR count). The first-order valence-corrected chi connectivity index (χ1v) is 9.40. The van der Waals surface area contributed by atoms with Crippen LogP contribution in [0, 0.1) is 18.8 Å². The van der Waals surface area contributed by atoms with Crippen molar-refractivity contribution in [2.45, 2.75) is 44.0 Å². The zero-order chi connectivity index (χ0) is 15.4. The van der Waals surface area contributed by atoms with Gasteiger partial charge in [-0.25, -0.2) is 0 Å². The van der Waals surface area contributed by atoms with Crippen molar-refractivity contribution in [3.63, 3.8) is 0 Å². The SMILES string of the molecule is Cc1nn(C(C2CC2)C2CC2)cc1N1C=CSC1c1cn[nH]c1. The molecule has 1 unspecified atom stereocenters. The van der Waals surface area contributed by atoms with E-state index in [9.17, 15) is 0 Å². The van der Waals surface area contributed by atoms with Crippen molar-refractivity contribution >= 4 is 17.4 Å². The van der Waals surface area contributed by atoms with Crippen LogP contribution >= 0.6 is 11.8 Å². The molecule has 3 heterocycles. The van der Waals surface area contributed by atoms with Crippen LogP contribution < -0.4 is 4.90 Å². The Morgan fingerprint density at radius 3 is 2.70 bits per heavy atom. The largest absolute Gasteiger partial charge is 0.328 e. The molecule has 0 saturated heterocycles. The van der Waals surface area contributed by atoms with E-state index in [2.05, 4.69) is 44.5 Å². The molecular formula is C17H21N5S. The zero-order valence-electron chi connectivity index (χ0n) is 13.2. The summed E-state index contributed by atoms with van der Waals surface area (Å²) in [4.78, 5) is 2.32. The molecule has 0 spiro atoms. The van der Waals surface area contributed by atoms with Crippen LogP contribution in [0.15, 0.2) is 30.2 Å². The van der Waals surface area contributed by atoms with Crippen LogP contribution in [0.4, 0.5) is 5.69 Å². The highest BCUT2D eigenvalue weighted by Crippen LogP contribution is 2.52. The number of thioether (sulfide) groups is 1. The van der Waals surface area contributed by atoms with E-state index in [1.807, 2.05) is 24.2 Å². The molecule has 0 aromatic carbocycles. The van der Waals surface area contributed by atoms with Crippen LogP contribution in [0.25, 0.3) is 0 Å². The molecule has 0 radical (unpaired) electrons. The number of H-pyrrole nitrogens is 1. The van der Waals surface area contributed by atoms with Gasteiger partial charge in [0, 0.05) is 24.2 Å². The van der Waals surface area contributed by atoms with E-state index in [-0.39, 0.29) is 5.37 Å². The fourth-order valence-corrected chi connectivity index (χ4v) is 4.68. The van der Waals surface area contributed by atoms with Gasteiger partial charge < -0.3 is 4.90 Å². The number of nitrogens with zero attached hydrogens (tertiary/aromatic N) is 4. The standard InChI is InChI=1S/C17H21N5S/c1-11-15(21-6-7-23-17(21)14-8-18-19-9-14)10-22(20-11)16(12-2-3-12)13-4-5-13/h6-10,12-13,16-17H,2-5H2,1H3,(H,18,19). The van der Waals surface area contributed by atoms with Crippen LogP contribution in [-0.2, 0) is 0 Å². The van der Waals surface area contributed by atoms with Gasteiger partial charge in [-0.15, -0.1) is 11.8 Å². The highest BCUT2D eigenvalue weighted by Gasteiger charge is 2.43. The predicted molar refractivity (Wildman–Crippen MR) is 92.0 cm³/mol. The van der Waals surface area contributed by atoms with Crippen molar-refractivity contribution in [1.29, 1.82) is 0 Å². The summed E-state index contributed by atoms with van der Waals surface area (Å²) in [5.74, 6) is 1.73. The van der Waals surface area contributed by atoms with Gasteiger partial charge in [-0.2, -0.15) is 10.2 Å². The van der Waals surface area contributed by atoms with Gasteiger partial charge in [-0.1, -0.05) is 0 Å². The lowest BCUT2D eigenvalue weighted by Gasteiger charge is -2.23. The Bertz CT molecular complexity index is 714. The summed E-state index contributed by atoms with van der Waals surface area (Å²) < 4.78 is 2.28. The molecule has 2 aromatic heterocycles. The number of rotatable bonds is 5. The number of hydrogen-bond acceptors (Lipinski definition) is 4.